The lowest BCUT2D eigenvalue weighted by Gasteiger charge is -2.08. The molecule has 2 N–H and O–H groups in total. The average molecular weight is 315 g/mol. The molecule has 7 heteroatoms. The molecule has 6 nitrogen and oxygen atoms in total. The molecule has 0 saturated carbocycles. The highest BCUT2D eigenvalue weighted by Gasteiger charge is 2.07. The number of rotatable bonds is 6. The van der Waals surface area contributed by atoms with Gasteiger partial charge in [-0.2, -0.15) is 4.98 Å². The second-order valence-corrected chi connectivity index (χ2v) is 4.74. The van der Waals surface area contributed by atoms with E-state index in [1.54, 1.807) is 11.6 Å². The lowest BCUT2D eigenvalue weighted by atomic mass is 10.3. The van der Waals surface area contributed by atoms with Gasteiger partial charge in [0.2, 0.25) is 5.95 Å². The molecule has 0 aliphatic rings. The summed E-state index contributed by atoms with van der Waals surface area (Å²) in [4.78, 5) is 4.34. The molecule has 98 valence electrons. The lowest BCUT2D eigenvalue weighted by Crippen LogP contribution is -2.18. The molecule has 2 heterocycles. The maximum absolute atomic E-state index is 9.49. The summed E-state index contributed by atoms with van der Waals surface area (Å²) in [7, 11) is 1.57. The fourth-order valence-electron chi connectivity index (χ4n) is 1.57. The van der Waals surface area contributed by atoms with Gasteiger partial charge in [0.15, 0.2) is 5.65 Å². The van der Waals surface area contributed by atoms with Crippen molar-refractivity contribution in [1.29, 1.82) is 0 Å². The van der Waals surface area contributed by atoms with Crippen molar-refractivity contribution in [3.63, 3.8) is 0 Å². The number of nitrogens with zero attached hydrogens (tertiary/aromatic N) is 3. The minimum absolute atomic E-state index is 0.339. The number of hydrogen-bond donors (Lipinski definition) is 2. The molecule has 2 rings (SSSR count). The fraction of sp³-hybridized carbons (Fsp3) is 0.455. The number of nitrogens with one attached hydrogen (secondary N) is 1. The maximum atomic E-state index is 9.49. The van der Waals surface area contributed by atoms with Crippen LogP contribution in [0.15, 0.2) is 22.8 Å². The van der Waals surface area contributed by atoms with Crippen LogP contribution in [0.4, 0.5) is 5.95 Å². The molecule has 1 unspecified atom stereocenters. The standard InChI is InChI=1S/C11H15BrN4O2/c1-18-7-8(17)4-5-13-11-14-10-9(12)3-2-6-16(10)15-11/h2-3,6,8,17H,4-5,7H2,1H3,(H,13,15). The Bertz CT molecular complexity index is 517. The molecule has 1 atom stereocenters. The smallest absolute Gasteiger partial charge is 0.243 e. The summed E-state index contributed by atoms with van der Waals surface area (Å²) in [5.74, 6) is 0.548. The Morgan fingerprint density at radius 3 is 3.17 bits per heavy atom. The van der Waals surface area contributed by atoms with Crippen LogP contribution in [-0.4, -0.2) is 46.1 Å². The Morgan fingerprint density at radius 1 is 1.61 bits per heavy atom. The summed E-state index contributed by atoms with van der Waals surface area (Å²) in [5, 5.41) is 16.8. The van der Waals surface area contributed by atoms with E-state index in [0.29, 0.717) is 25.5 Å². The summed E-state index contributed by atoms with van der Waals surface area (Å²) in [5.41, 5.74) is 0.762. The number of methoxy groups -OCH3 is 1. The van der Waals surface area contributed by atoms with E-state index in [1.165, 1.54) is 0 Å². The second-order valence-electron chi connectivity index (χ2n) is 3.88. The number of anilines is 1. The van der Waals surface area contributed by atoms with Crippen molar-refractivity contribution in [3.05, 3.63) is 22.8 Å². The molecule has 0 aliphatic carbocycles. The zero-order valence-electron chi connectivity index (χ0n) is 10.0. The van der Waals surface area contributed by atoms with E-state index < -0.39 is 6.10 Å². The maximum Gasteiger partial charge on any atom is 0.243 e. The zero-order valence-corrected chi connectivity index (χ0v) is 11.6. The van der Waals surface area contributed by atoms with E-state index in [2.05, 4.69) is 31.3 Å². The number of ether oxygens (including phenoxy) is 1. The number of hydrogen-bond acceptors (Lipinski definition) is 5. The predicted octanol–water partition coefficient (Wildman–Crippen LogP) is 1.30. The zero-order chi connectivity index (χ0) is 13.0. The Kier molecular flexibility index (Phi) is 4.51. The van der Waals surface area contributed by atoms with Crippen molar-refractivity contribution in [3.8, 4) is 0 Å². The largest absolute Gasteiger partial charge is 0.391 e. The van der Waals surface area contributed by atoms with Gasteiger partial charge < -0.3 is 15.2 Å². The molecule has 0 spiro atoms. The number of aliphatic hydroxyl groups excluding tert-OH is 1. The van der Waals surface area contributed by atoms with Gasteiger partial charge in [0.1, 0.15) is 0 Å². The van der Waals surface area contributed by atoms with Crippen molar-refractivity contribution < 1.29 is 9.84 Å². The van der Waals surface area contributed by atoms with Crippen LogP contribution in [0.1, 0.15) is 6.42 Å². The molecular weight excluding hydrogens is 300 g/mol. The number of aliphatic hydroxyl groups is 1. The monoisotopic (exact) mass is 314 g/mol. The van der Waals surface area contributed by atoms with Crippen LogP contribution < -0.4 is 5.32 Å². The van der Waals surface area contributed by atoms with Crippen LogP contribution in [0.25, 0.3) is 5.65 Å². The molecule has 0 aliphatic heterocycles. The van der Waals surface area contributed by atoms with Crippen LogP contribution in [-0.2, 0) is 4.74 Å². The van der Waals surface area contributed by atoms with Crippen LogP contribution in [0.3, 0.4) is 0 Å². The summed E-state index contributed by atoms with van der Waals surface area (Å²) < 4.78 is 7.44. The number of pyridine rings is 1. The van der Waals surface area contributed by atoms with Crippen molar-refractivity contribution in [1.82, 2.24) is 14.6 Å². The van der Waals surface area contributed by atoms with E-state index in [4.69, 9.17) is 4.74 Å². The first-order valence-electron chi connectivity index (χ1n) is 5.62. The predicted molar refractivity (Wildman–Crippen MR) is 71.7 cm³/mol. The van der Waals surface area contributed by atoms with Crippen molar-refractivity contribution in [2.45, 2.75) is 12.5 Å². The van der Waals surface area contributed by atoms with E-state index >= 15 is 0 Å². The molecule has 0 saturated heterocycles. The normalized spacial score (nSPS) is 12.8. The molecule has 2 aromatic rings. The topological polar surface area (TPSA) is 71.7 Å². The van der Waals surface area contributed by atoms with Gasteiger partial charge in [-0.25, -0.2) is 4.52 Å². The van der Waals surface area contributed by atoms with Crippen molar-refractivity contribution >= 4 is 27.5 Å². The minimum atomic E-state index is -0.466. The Balaban J connectivity index is 1.94. The van der Waals surface area contributed by atoms with Crippen LogP contribution in [0.5, 0.6) is 0 Å². The average Bonchev–Trinajstić information content (AvgIpc) is 2.74. The fourth-order valence-corrected chi connectivity index (χ4v) is 2.00. The molecule has 2 aromatic heterocycles. The molecular formula is C11H15BrN4O2. The molecule has 0 amide bonds. The van der Waals surface area contributed by atoms with Gasteiger partial charge in [-0.15, -0.1) is 5.10 Å². The number of fused-ring (bicyclic) bond motifs is 1. The third-order valence-corrected chi connectivity index (χ3v) is 3.05. The molecule has 18 heavy (non-hydrogen) atoms. The van der Waals surface area contributed by atoms with Gasteiger partial charge in [-0.1, -0.05) is 0 Å². The Hall–Kier alpha value is -1.18. The van der Waals surface area contributed by atoms with E-state index in [1.807, 2.05) is 18.3 Å². The SMILES string of the molecule is COCC(O)CCNc1nc2c(Br)cccn2n1. The van der Waals surface area contributed by atoms with Gasteiger partial charge in [0.05, 0.1) is 17.2 Å². The van der Waals surface area contributed by atoms with Crippen LogP contribution in [0.2, 0.25) is 0 Å². The molecule has 0 fully saturated rings. The summed E-state index contributed by atoms with van der Waals surface area (Å²) in [6.45, 7) is 0.935. The van der Waals surface area contributed by atoms with Gasteiger partial charge in [0, 0.05) is 19.9 Å². The quantitative estimate of drug-likeness (QED) is 0.841. The Labute approximate surface area is 113 Å². The first-order valence-corrected chi connectivity index (χ1v) is 6.42. The summed E-state index contributed by atoms with van der Waals surface area (Å²) in [6, 6.07) is 3.80. The highest BCUT2D eigenvalue weighted by atomic mass is 79.9. The van der Waals surface area contributed by atoms with E-state index in [-0.39, 0.29) is 0 Å². The van der Waals surface area contributed by atoms with E-state index in [9.17, 15) is 5.11 Å². The molecule has 0 aromatic carbocycles. The van der Waals surface area contributed by atoms with Crippen molar-refractivity contribution in [2.75, 3.05) is 25.6 Å². The minimum Gasteiger partial charge on any atom is -0.391 e. The third-order valence-electron chi connectivity index (χ3n) is 2.43. The van der Waals surface area contributed by atoms with Crippen LogP contribution >= 0.6 is 15.9 Å². The van der Waals surface area contributed by atoms with Gasteiger partial charge in [0.25, 0.3) is 0 Å². The van der Waals surface area contributed by atoms with Crippen LogP contribution in [0, 0.1) is 0 Å². The summed E-state index contributed by atoms with van der Waals surface area (Å²) in [6.07, 6.45) is 1.95. The van der Waals surface area contributed by atoms with Crippen molar-refractivity contribution in [2.24, 2.45) is 0 Å². The lowest BCUT2D eigenvalue weighted by molar-refractivity contribution is 0.0615. The van der Waals surface area contributed by atoms with Gasteiger partial charge in [-0.3, -0.25) is 0 Å². The molecule has 0 radical (unpaired) electrons. The van der Waals surface area contributed by atoms with Gasteiger partial charge in [-0.05, 0) is 34.5 Å². The number of halogens is 1. The highest BCUT2D eigenvalue weighted by molar-refractivity contribution is 9.10. The summed E-state index contributed by atoms with van der Waals surface area (Å²) >= 11 is 3.41. The highest BCUT2D eigenvalue weighted by Crippen LogP contribution is 2.16. The second kappa shape index (κ2) is 6.12. The first kappa shape index (κ1) is 13.3. The first-order chi connectivity index (χ1) is 8.70. The van der Waals surface area contributed by atoms with E-state index in [0.717, 1.165) is 10.1 Å². The number of aromatic nitrogens is 3. The van der Waals surface area contributed by atoms with Gasteiger partial charge >= 0.3 is 0 Å². The third kappa shape index (κ3) is 3.18. The Morgan fingerprint density at radius 2 is 2.44 bits per heavy atom. The molecule has 0 bridgehead atoms.